The van der Waals surface area contributed by atoms with Crippen molar-refractivity contribution in [3.63, 3.8) is 0 Å². The van der Waals surface area contributed by atoms with Crippen LogP contribution in [-0.2, 0) is 0 Å². The summed E-state index contributed by atoms with van der Waals surface area (Å²) in [6.07, 6.45) is 2.07. The van der Waals surface area contributed by atoms with E-state index in [1.54, 1.807) is 17.0 Å². The van der Waals surface area contributed by atoms with Gasteiger partial charge >= 0.3 is 0 Å². The molecule has 0 aromatic carbocycles. The van der Waals surface area contributed by atoms with E-state index in [0.717, 1.165) is 5.69 Å². The van der Waals surface area contributed by atoms with Gasteiger partial charge < -0.3 is 14.6 Å². The summed E-state index contributed by atoms with van der Waals surface area (Å²) in [4.78, 5) is 28.1. The molecular formula is C15H16N4O3. The summed E-state index contributed by atoms with van der Waals surface area (Å²) in [6.45, 7) is 2.84. The predicted octanol–water partition coefficient (Wildman–Crippen LogP) is 0.767. The Hall–Kier alpha value is -2.70. The van der Waals surface area contributed by atoms with E-state index in [4.69, 9.17) is 4.74 Å². The number of rotatable bonds is 3. The molecule has 1 N–H and O–H groups in total. The quantitative estimate of drug-likeness (QED) is 0.904. The second-order valence-corrected chi connectivity index (χ2v) is 5.21. The third-order valence-electron chi connectivity index (χ3n) is 3.54. The van der Waals surface area contributed by atoms with Gasteiger partial charge in [-0.15, -0.1) is 5.10 Å². The van der Waals surface area contributed by atoms with Gasteiger partial charge in [-0.3, -0.25) is 9.59 Å². The molecule has 1 saturated heterocycles. The molecule has 0 aliphatic carbocycles. The van der Waals surface area contributed by atoms with Crippen molar-refractivity contribution in [3.05, 3.63) is 52.1 Å². The van der Waals surface area contributed by atoms with Crippen molar-refractivity contribution in [3.8, 4) is 5.88 Å². The molecule has 1 atom stereocenters. The van der Waals surface area contributed by atoms with Gasteiger partial charge in [0.25, 0.3) is 11.5 Å². The van der Waals surface area contributed by atoms with Crippen LogP contribution in [0.3, 0.4) is 0 Å². The number of pyridine rings is 1. The van der Waals surface area contributed by atoms with E-state index in [-0.39, 0.29) is 23.1 Å². The standard InChI is InChI=1S/C15H16N4O3/c1-10-4-5-13(18-17-10)22-11-6-8-19(9-11)15(21)12-3-2-7-16-14(12)20/h2-5,7,11H,6,8-9H2,1H3,(H,16,20). The van der Waals surface area contributed by atoms with E-state index in [1.807, 2.05) is 13.0 Å². The summed E-state index contributed by atoms with van der Waals surface area (Å²) in [5, 5.41) is 7.89. The second-order valence-electron chi connectivity index (χ2n) is 5.21. The number of likely N-dealkylation sites (tertiary alicyclic amines) is 1. The van der Waals surface area contributed by atoms with Gasteiger partial charge in [0, 0.05) is 25.2 Å². The first kappa shape index (κ1) is 14.2. The van der Waals surface area contributed by atoms with Crippen LogP contribution in [0.5, 0.6) is 5.88 Å². The molecule has 1 unspecified atom stereocenters. The SMILES string of the molecule is Cc1ccc(OC2CCN(C(=O)c3ccc[nH]c3=O)C2)nn1. The predicted molar refractivity (Wildman–Crippen MR) is 78.8 cm³/mol. The fourth-order valence-corrected chi connectivity index (χ4v) is 2.39. The van der Waals surface area contributed by atoms with Gasteiger partial charge in [-0.1, -0.05) is 0 Å². The monoisotopic (exact) mass is 300 g/mol. The van der Waals surface area contributed by atoms with Crippen molar-refractivity contribution in [2.75, 3.05) is 13.1 Å². The van der Waals surface area contributed by atoms with Crippen molar-refractivity contribution in [1.82, 2.24) is 20.1 Å². The lowest BCUT2D eigenvalue weighted by Crippen LogP contribution is -2.34. The maximum Gasteiger partial charge on any atom is 0.260 e. The Kier molecular flexibility index (Phi) is 3.86. The number of amides is 1. The number of ether oxygens (including phenoxy) is 1. The molecule has 0 saturated carbocycles. The molecule has 3 heterocycles. The third kappa shape index (κ3) is 2.98. The van der Waals surface area contributed by atoms with Crippen LogP contribution in [0, 0.1) is 6.92 Å². The summed E-state index contributed by atoms with van der Waals surface area (Å²) in [6, 6.07) is 6.75. The molecule has 114 valence electrons. The minimum Gasteiger partial charge on any atom is -0.471 e. The maximum atomic E-state index is 12.3. The molecule has 1 aliphatic rings. The molecule has 1 amide bonds. The number of hydrogen-bond acceptors (Lipinski definition) is 5. The number of hydrogen-bond donors (Lipinski definition) is 1. The topological polar surface area (TPSA) is 88.2 Å². The van der Waals surface area contributed by atoms with Crippen molar-refractivity contribution < 1.29 is 9.53 Å². The minimum absolute atomic E-state index is 0.135. The van der Waals surface area contributed by atoms with Crippen molar-refractivity contribution in [1.29, 1.82) is 0 Å². The van der Waals surface area contributed by atoms with Crippen molar-refractivity contribution in [2.45, 2.75) is 19.4 Å². The Morgan fingerprint density at radius 1 is 1.36 bits per heavy atom. The molecule has 2 aromatic heterocycles. The zero-order valence-electron chi connectivity index (χ0n) is 12.2. The number of carbonyl (C=O) groups excluding carboxylic acids is 1. The van der Waals surface area contributed by atoms with E-state index < -0.39 is 0 Å². The fourth-order valence-electron chi connectivity index (χ4n) is 2.39. The van der Waals surface area contributed by atoms with Crippen LogP contribution < -0.4 is 10.3 Å². The lowest BCUT2D eigenvalue weighted by atomic mass is 10.2. The smallest absolute Gasteiger partial charge is 0.260 e. The first-order valence-electron chi connectivity index (χ1n) is 7.07. The molecule has 1 aliphatic heterocycles. The first-order valence-corrected chi connectivity index (χ1v) is 7.07. The van der Waals surface area contributed by atoms with Gasteiger partial charge in [0.2, 0.25) is 5.88 Å². The van der Waals surface area contributed by atoms with Crippen LogP contribution in [0.15, 0.2) is 35.3 Å². The molecule has 3 rings (SSSR count). The molecule has 7 heteroatoms. The summed E-state index contributed by atoms with van der Waals surface area (Å²) in [5.74, 6) is 0.172. The summed E-state index contributed by atoms with van der Waals surface area (Å²) in [5.41, 5.74) is 0.596. The second kappa shape index (κ2) is 5.97. The van der Waals surface area contributed by atoms with Gasteiger partial charge in [0.15, 0.2) is 0 Å². The number of carbonyl (C=O) groups is 1. The number of nitrogens with one attached hydrogen (secondary N) is 1. The Balaban J connectivity index is 1.65. The van der Waals surface area contributed by atoms with Gasteiger partial charge in [-0.2, -0.15) is 5.10 Å². The van der Waals surface area contributed by atoms with Crippen LogP contribution in [-0.4, -0.2) is 45.2 Å². The minimum atomic E-state index is -0.374. The van der Waals surface area contributed by atoms with Crippen LogP contribution >= 0.6 is 0 Å². The van der Waals surface area contributed by atoms with Crippen molar-refractivity contribution in [2.24, 2.45) is 0 Å². The van der Waals surface area contributed by atoms with Gasteiger partial charge in [-0.25, -0.2) is 0 Å². The number of H-pyrrole nitrogens is 1. The van der Waals surface area contributed by atoms with Gasteiger partial charge in [0.1, 0.15) is 11.7 Å². The summed E-state index contributed by atoms with van der Waals surface area (Å²) in [7, 11) is 0. The number of nitrogens with zero attached hydrogens (tertiary/aromatic N) is 3. The third-order valence-corrected chi connectivity index (χ3v) is 3.54. The highest BCUT2D eigenvalue weighted by Gasteiger charge is 2.29. The Morgan fingerprint density at radius 3 is 2.95 bits per heavy atom. The highest BCUT2D eigenvalue weighted by molar-refractivity contribution is 5.94. The largest absolute Gasteiger partial charge is 0.471 e. The van der Waals surface area contributed by atoms with Crippen molar-refractivity contribution >= 4 is 5.91 Å². The van der Waals surface area contributed by atoms with E-state index in [9.17, 15) is 9.59 Å². The fraction of sp³-hybridized carbons (Fsp3) is 0.333. The molecule has 2 aromatic rings. The highest BCUT2D eigenvalue weighted by atomic mass is 16.5. The van der Waals surface area contributed by atoms with Crippen LogP contribution in [0.4, 0.5) is 0 Å². The highest BCUT2D eigenvalue weighted by Crippen LogP contribution is 2.17. The van der Waals surface area contributed by atoms with Gasteiger partial charge in [-0.05, 0) is 25.1 Å². The Bertz CT molecular complexity index is 726. The molecule has 0 spiro atoms. The molecule has 0 radical (unpaired) electrons. The molecule has 0 bridgehead atoms. The zero-order chi connectivity index (χ0) is 15.5. The number of aromatic nitrogens is 3. The van der Waals surface area contributed by atoms with E-state index >= 15 is 0 Å². The average molecular weight is 300 g/mol. The average Bonchev–Trinajstić information content (AvgIpc) is 2.98. The molecular weight excluding hydrogens is 284 g/mol. The van der Waals surface area contributed by atoms with E-state index in [1.165, 1.54) is 12.3 Å². The molecule has 1 fully saturated rings. The van der Waals surface area contributed by atoms with Crippen LogP contribution in [0.1, 0.15) is 22.5 Å². The van der Waals surface area contributed by atoms with E-state index in [2.05, 4.69) is 15.2 Å². The zero-order valence-corrected chi connectivity index (χ0v) is 12.2. The first-order chi connectivity index (χ1) is 10.6. The van der Waals surface area contributed by atoms with Crippen LogP contribution in [0.2, 0.25) is 0 Å². The van der Waals surface area contributed by atoms with Gasteiger partial charge in [0.05, 0.1) is 12.2 Å². The Morgan fingerprint density at radius 2 is 2.23 bits per heavy atom. The molecule has 22 heavy (non-hydrogen) atoms. The summed E-state index contributed by atoms with van der Waals surface area (Å²) < 4.78 is 5.72. The van der Waals surface area contributed by atoms with Crippen LogP contribution in [0.25, 0.3) is 0 Å². The van der Waals surface area contributed by atoms with E-state index in [0.29, 0.717) is 25.4 Å². The number of aromatic amines is 1. The summed E-state index contributed by atoms with van der Waals surface area (Å²) >= 11 is 0. The lowest BCUT2D eigenvalue weighted by molar-refractivity contribution is 0.0769. The normalized spacial score (nSPS) is 17.5. The maximum absolute atomic E-state index is 12.3. The number of aryl methyl sites for hydroxylation is 1. The Labute approximate surface area is 126 Å². The molecule has 7 nitrogen and oxygen atoms in total. The lowest BCUT2D eigenvalue weighted by Gasteiger charge is -2.16.